The van der Waals surface area contributed by atoms with E-state index in [9.17, 15) is 9.59 Å². The number of esters is 2. The Hall–Kier alpha value is -2.62. The van der Waals surface area contributed by atoms with E-state index in [1.165, 1.54) is 0 Å². The van der Waals surface area contributed by atoms with Crippen molar-refractivity contribution in [3.63, 3.8) is 0 Å². The van der Waals surface area contributed by atoms with Crippen molar-refractivity contribution < 1.29 is 19.1 Å². The van der Waals surface area contributed by atoms with Gasteiger partial charge in [0.1, 0.15) is 11.5 Å². The van der Waals surface area contributed by atoms with Crippen LogP contribution in [-0.4, -0.2) is 11.9 Å². The van der Waals surface area contributed by atoms with Crippen LogP contribution in [0.15, 0.2) is 60.7 Å². The smallest absolute Gasteiger partial charge is 0.325 e. The van der Waals surface area contributed by atoms with Gasteiger partial charge in [-0.15, -0.1) is 0 Å². The predicted molar refractivity (Wildman–Crippen MR) is 96.3 cm³/mol. The lowest BCUT2D eigenvalue weighted by atomic mass is 9.98. The van der Waals surface area contributed by atoms with Crippen LogP contribution in [0, 0.1) is 11.8 Å². The van der Waals surface area contributed by atoms with Gasteiger partial charge in [0.05, 0.1) is 0 Å². The van der Waals surface area contributed by atoms with Gasteiger partial charge in [-0.05, 0) is 36.6 Å². The standard InChI is InChI=1S/C21H24O4/c1-16(2)10-9-15-19(20(22)24-17-11-5-3-6-12-17)21(23)25-18-13-7-4-8-14-18/h3-8,11-14,16,19H,9-10,15H2,1-2H3. The van der Waals surface area contributed by atoms with E-state index in [0.717, 1.165) is 12.8 Å². The normalized spacial score (nSPS) is 10.7. The first kappa shape index (κ1) is 18.7. The van der Waals surface area contributed by atoms with E-state index >= 15 is 0 Å². The van der Waals surface area contributed by atoms with Gasteiger partial charge >= 0.3 is 11.9 Å². The molecule has 0 aliphatic rings. The second-order valence-electron chi connectivity index (χ2n) is 6.35. The Morgan fingerprint density at radius 1 is 0.760 bits per heavy atom. The van der Waals surface area contributed by atoms with Gasteiger partial charge in [0.15, 0.2) is 5.92 Å². The second-order valence-corrected chi connectivity index (χ2v) is 6.35. The van der Waals surface area contributed by atoms with Crippen molar-refractivity contribution in [3.8, 4) is 11.5 Å². The topological polar surface area (TPSA) is 52.6 Å². The third kappa shape index (κ3) is 6.42. The third-order valence-corrected chi connectivity index (χ3v) is 3.77. The van der Waals surface area contributed by atoms with Crippen molar-refractivity contribution >= 4 is 11.9 Å². The molecule has 0 spiro atoms. The Morgan fingerprint density at radius 3 is 1.60 bits per heavy atom. The molecule has 0 N–H and O–H groups in total. The molecule has 0 saturated heterocycles. The number of para-hydroxylation sites is 2. The number of carbonyl (C=O) groups is 2. The Labute approximate surface area is 148 Å². The summed E-state index contributed by atoms with van der Waals surface area (Å²) in [6, 6.07) is 17.5. The molecule has 0 radical (unpaired) electrons. The fourth-order valence-electron chi connectivity index (χ4n) is 2.41. The van der Waals surface area contributed by atoms with Crippen LogP contribution in [0.4, 0.5) is 0 Å². The molecule has 0 unspecified atom stereocenters. The highest BCUT2D eigenvalue weighted by atomic mass is 16.6. The molecule has 0 heterocycles. The predicted octanol–water partition coefficient (Wildman–Crippen LogP) is 4.64. The summed E-state index contributed by atoms with van der Waals surface area (Å²) in [7, 11) is 0. The molecule has 0 fully saturated rings. The molecule has 0 aromatic heterocycles. The van der Waals surface area contributed by atoms with Crippen LogP contribution in [0.25, 0.3) is 0 Å². The van der Waals surface area contributed by atoms with Crippen LogP contribution < -0.4 is 9.47 Å². The number of benzene rings is 2. The van der Waals surface area contributed by atoms with Gasteiger partial charge in [0, 0.05) is 0 Å². The van der Waals surface area contributed by atoms with E-state index in [-0.39, 0.29) is 0 Å². The molecular formula is C21H24O4. The highest BCUT2D eigenvalue weighted by Gasteiger charge is 2.30. The third-order valence-electron chi connectivity index (χ3n) is 3.77. The summed E-state index contributed by atoms with van der Waals surface area (Å²) in [5, 5.41) is 0. The molecule has 0 aliphatic heterocycles. The summed E-state index contributed by atoms with van der Waals surface area (Å²) in [4.78, 5) is 25.0. The summed E-state index contributed by atoms with van der Waals surface area (Å²) < 4.78 is 10.7. The van der Waals surface area contributed by atoms with Gasteiger partial charge < -0.3 is 9.47 Å². The Bertz CT molecular complexity index is 611. The monoisotopic (exact) mass is 340 g/mol. The maximum Gasteiger partial charge on any atom is 0.325 e. The first-order valence-electron chi connectivity index (χ1n) is 8.59. The molecule has 0 bridgehead atoms. The summed E-state index contributed by atoms with van der Waals surface area (Å²) >= 11 is 0. The molecule has 4 nitrogen and oxygen atoms in total. The first-order valence-corrected chi connectivity index (χ1v) is 8.59. The van der Waals surface area contributed by atoms with Crippen LogP contribution in [0.1, 0.15) is 33.1 Å². The highest BCUT2D eigenvalue weighted by Crippen LogP contribution is 2.20. The first-order chi connectivity index (χ1) is 12.1. The van der Waals surface area contributed by atoms with Gasteiger partial charge in [-0.1, -0.05) is 63.1 Å². The van der Waals surface area contributed by atoms with Crippen LogP contribution in [0.5, 0.6) is 11.5 Å². The van der Waals surface area contributed by atoms with Gasteiger partial charge in [0.25, 0.3) is 0 Å². The minimum Gasteiger partial charge on any atom is -0.426 e. The number of rotatable bonds is 8. The van der Waals surface area contributed by atoms with Crippen LogP contribution in [-0.2, 0) is 9.59 Å². The van der Waals surface area contributed by atoms with Crippen LogP contribution >= 0.6 is 0 Å². The fourth-order valence-corrected chi connectivity index (χ4v) is 2.41. The number of carbonyl (C=O) groups excluding carboxylic acids is 2. The Kier molecular flexibility index (Phi) is 7.20. The molecule has 2 rings (SSSR count). The van der Waals surface area contributed by atoms with Crippen LogP contribution in [0.3, 0.4) is 0 Å². The van der Waals surface area contributed by atoms with Gasteiger partial charge in [-0.3, -0.25) is 9.59 Å². The number of hydrogen-bond acceptors (Lipinski definition) is 4. The van der Waals surface area contributed by atoms with Gasteiger partial charge in [-0.25, -0.2) is 0 Å². The maximum atomic E-state index is 12.5. The maximum absolute atomic E-state index is 12.5. The molecule has 4 heteroatoms. The lowest BCUT2D eigenvalue weighted by molar-refractivity contribution is -0.151. The van der Waals surface area contributed by atoms with E-state index in [0.29, 0.717) is 23.8 Å². The van der Waals surface area contributed by atoms with Crippen molar-refractivity contribution in [2.24, 2.45) is 11.8 Å². The molecule has 25 heavy (non-hydrogen) atoms. The zero-order valence-electron chi connectivity index (χ0n) is 14.7. The van der Waals surface area contributed by atoms with Crippen LogP contribution in [0.2, 0.25) is 0 Å². The summed E-state index contributed by atoms with van der Waals surface area (Å²) in [6.07, 6.45) is 2.11. The van der Waals surface area contributed by atoms with Crippen molar-refractivity contribution in [1.29, 1.82) is 0 Å². The average molecular weight is 340 g/mol. The van der Waals surface area contributed by atoms with Gasteiger partial charge in [-0.2, -0.15) is 0 Å². The Morgan fingerprint density at radius 2 is 1.20 bits per heavy atom. The lowest BCUT2D eigenvalue weighted by Gasteiger charge is -2.15. The molecule has 0 amide bonds. The number of hydrogen-bond donors (Lipinski definition) is 0. The SMILES string of the molecule is CC(C)CCCC(C(=O)Oc1ccccc1)C(=O)Oc1ccccc1. The molecule has 0 atom stereocenters. The fraction of sp³-hybridized carbons (Fsp3) is 0.333. The molecule has 0 saturated carbocycles. The largest absolute Gasteiger partial charge is 0.426 e. The second kappa shape index (κ2) is 9.62. The van der Waals surface area contributed by atoms with Crippen molar-refractivity contribution in [3.05, 3.63) is 60.7 Å². The van der Waals surface area contributed by atoms with Crippen molar-refractivity contribution in [2.75, 3.05) is 0 Å². The van der Waals surface area contributed by atoms with E-state index in [2.05, 4.69) is 13.8 Å². The summed E-state index contributed by atoms with van der Waals surface area (Å²) in [5.74, 6) is -0.718. The average Bonchev–Trinajstić information content (AvgIpc) is 2.60. The lowest BCUT2D eigenvalue weighted by Crippen LogP contribution is -2.31. The Balaban J connectivity index is 2.05. The molecule has 132 valence electrons. The van der Waals surface area contributed by atoms with Crippen molar-refractivity contribution in [2.45, 2.75) is 33.1 Å². The zero-order chi connectivity index (χ0) is 18.1. The van der Waals surface area contributed by atoms with Gasteiger partial charge in [0.2, 0.25) is 0 Å². The summed E-state index contributed by atoms with van der Waals surface area (Å²) in [5.41, 5.74) is 0. The number of ether oxygens (including phenoxy) is 2. The van der Waals surface area contributed by atoms with E-state index in [1.54, 1.807) is 48.5 Å². The van der Waals surface area contributed by atoms with Crippen molar-refractivity contribution in [1.82, 2.24) is 0 Å². The summed E-state index contributed by atoms with van der Waals surface area (Å²) in [6.45, 7) is 4.22. The molecule has 2 aromatic rings. The molecule has 0 aliphatic carbocycles. The molecular weight excluding hydrogens is 316 g/mol. The molecule has 2 aromatic carbocycles. The minimum atomic E-state index is -0.931. The van der Waals surface area contributed by atoms with E-state index < -0.39 is 17.9 Å². The minimum absolute atomic E-state index is 0.412. The zero-order valence-corrected chi connectivity index (χ0v) is 14.7. The van der Waals surface area contributed by atoms with E-state index in [1.807, 2.05) is 12.1 Å². The van der Waals surface area contributed by atoms with E-state index in [4.69, 9.17) is 9.47 Å². The highest BCUT2D eigenvalue weighted by molar-refractivity contribution is 5.96. The quantitative estimate of drug-likeness (QED) is 0.399.